The number of rotatable bonds is 7. The van der Waals surface area contributed by atoms with Crippen LogP contribution in [0, 0.1) is 17.8 Å². The van der Waals surface area contributed by atoms with Crippen LogP contribution in [-0.2, 0) is 4.79 Å². The summed E-state index contributed by atoms with van der Waals surface area (Å²) in [6, 6.07) is 6.13. The summed E-state index contributed by atoms with van der Waals surface area (Å²) >= 11 is 0. The zero-order chi connectivity index (χ0) is 22.7. The lowest BCUT2D eigenvalue weighted by molar-refractivity contribution is -0.128. The highest BCUT2D eigenvalue weighted by molar-refractivity contribution is 5.85. The van der Waals surface area contributed by atoms with Crippen molar-refractivity contribution in [3.05, 3.63) is 30.2 Å². The molecule has 1 N–H and O–H groups in total. The summed E-state index contributed by atoms with van der Waals surface area (Å²) in [5.74, 6) is 2.10. The minimum absolute atomic E-state index is 0.0445. The predicted octanol–water partition coefficient (Wildman–Crippen LogP) is 5.11. The van der Waals surface area contributed by atoms with E-state index >= 15 is 0 Å². The molecule has 1 heterocycles. The fraction of sp³-hybridized carbons (Fsp3) is 0.704. The number of hydrogen-bond donors (Lipinski definition) is 1. The quantitative estimate of drug-likeness (QED) is 0.637. The first-order valence-electron chi connectivity index (χ1n) is 12.6. The van der Waals surface area contributed by atoms with Crippen LogP contribution in [0.3, 0.4) is 0 Å². The van der Waals surface area contributed by atoms with Gasteiger partial charge in [0.1, 0.15) is 0 Å². The van der Waals surface area contributed by atoms with E-state index in [0.717, 1.165) is 42.7 Å². The summed E-state index contributed by atoms with van der Waals surface area (Å²) < 4.78 is 11.9. The molecule has 3 fully saturated rings. The second-order valence-corrected chi connectivity index (χ2v) is 10.5. The number of likely N-dealkylation sites (tertiary alicyclic amines) is 1. The van der Waals surface area contributed by atoms with E-state index in [0.29, 0.717) is 19.0 Å². The Labute approximate surface area is 193 Å². The van der Waals surface area contributed by atoms with Crippen LogP contribution in [0.4, 0.5) is 0 Å². The summed E-state index contributed by atoms with van der Waals surface area (Å²) in [5, 5.41) is 10.8. The van der Waals surface area contributed by atoms with Gasteiger partial charge in [-0.1, -0.05) is 32.3 Å². The average Bonchev–Trinajstić information content (AvgIpc) is 3.43. The predicted molar refractivity (Wildman–Crippen MR) is 126 cm³/mol. The van der Waals surface area contributed by atoms with Crippen molar-refractivity contribution in [2.75, 3.05) is 20.2 Å². The van der Waals surface area contributed by atoms with Crippen molar-refractivity contribution in [3.8, 4) is 11.5 Å². The van der Waals surface area contributed by atoms with E-state index in [1.807, 2.05) is 24.3 Å². The van der Waals surface area contributed by atoms with Crippen LogP contribution in [0.5, 0.6) is 11.5 Å². The Hall–Kier alpha value is -1.75. The van der Waals surface area contributed by atoms with Gasteiger partial charge in [-0.05, 0) is 69.1 Å². The van der Waals surface area contributed by atoms with Gasteiger partial charge >= 0.3 is 0 Å². The van der Waals surface area contributed by atoms with Gasteiger partial charge in [0, 0.05) is 24.4 Å². The molecule has 5 nitrogen and oxygen atoms in total. The van der Waals surface area contributed by atoms with Crippen molar-refractivity contribution in [2.24, 2.45) is 11.3 Å². The number of benzene rings is 1. The van der Waals surface area contributed by atoms with E-state index in [1.54, 1.807) is 7.11 Å². The van der Waals surface area contributed by atoms with Gasteiger partial charge in [0.2, 0.25) is 5.91 Å². The first-order valence-corrected chi connectivity index (χ1v) is 12.6. The van der Waals surface area contributed by atoms with Crippen molar-refractivity contribution in [1.29, 1.82) is 0 Å². The number of aliphatic hydroxyl groups excluding tert-OH is 1. The molecule has 2 aliphatic carbocycles. The summed E-state index contributed by atoms with van der Waals surface area (Å²) in [6.45, 7) is 5.16. The molecule has 0 bridgehead atoms. The van der Waals surface area contributed by atoms with Crippen molar-refractivity contribution < 1.29 is 19.4 Å². The molecule has 0 spiro atoms. The number of ether oxygens (including phenoxy) is 2. The minimum atomic E-state index is -0.527. The molecule has 32 heavy (non-hydrogen) atoms. The Kier molecular flexibility index (Phi) is 7.34. The second-order valence-electron chi connectivity index (χ2n) is 10.5. The molecule has 1 radical (unpaired) electrons. The van der Waals surface area contributed by atoms with Crippen molar-refractivity contribution in [2.45, 2.75) is 89.8 Å². The van der Waals surface area contributed by atoms with Crippen molar-refractivity contribution in [1.82, 2.24) is 4.90 Å². The fourth-order valence-corrected chi connectivity index (χ4v) is 5.89. The molecule has 177 valence electrons. The summed E-state index contributed by atoms with van der Waals surface area (Å²) in [5.41, 5.74) is 0.699. The lowest BCUT2D eigenvalue weighted by atomic mass is 9.72. The molecule has 5 heteroatoms. The van der Waals surface area contributed by atoms with Crippen LogP contribution in [0.15, 0.2) is 18.2 Å². The highest BCUT2D eigenvalue weighted by Gasteiger charge is 2.48. The van der Waals surface area contributed by atoms with Crippen molar-refractivity contribution in [3.63, 3.8) is 0 Å². The summed E-state index contributed by atoms with van der Waals surface area (Å²) in [4.78, 5) is 15.1. The smallest absolute Gasteiger partial charge is 0.226 e. The van der Waals surface area contributed by atoms with Gasteiger partial charge in [-0.3, -0.25) is 4.79 Å². The SMILES string of the molecule is COc1ccc([C@@H]2CN(C(=O)[CH]C3CCCCC3)C[C@@]2(C)[C@@H](C)O)cc1OC1CCCC1. The average molecular weight is 443 g/mol. The van der Waals surface area contributed by atoms with Gasteiger partial charge < -0.3 is 19.5 Å². The second kappa shape index (κ2) is 10.0. The third-order valence-corrected chi connectivity index (χ3v) is 8.21. The lowest BCUT2D eigenvalue weighted by Crippen LogP contribution is -2.38. The first-order chi connectivity index (χ1) is 15.4. The van der Waals surface area contributed by atoms with E-state index in [2.05, 4.69) is 19.1 Å². The molecule has 1 aliphatic heterocycles. The van der Waals surface area contributed by atoms with Gasteiger partial charge in [0.05, 0.1) is 25.7 Å². The van der Waals surface area contributed by atoms with Crippen LogP contribution in [0.2, 0.25) is 0 Å². The van der Waals surface area contributed by atoms with Crippen LogP contribution in [0.25, 0.3) is 0 Å². The molecule has 3 aliphatic rings. The topological polar surface area (TPSA) is 59.0 Å². The Morgan fingerprint density at radius 2 is 1.81 bits per heavy atom. The maximum absolute atomic E-state index is 13.1. The van der Waals surface area contributed by atoms with Crippen LogP contribution in [-0.4, -0.2) is 48.3 Å². The Balaban J connectivity index is 1.54. The summed E-state index contributed by atoms with van der Waals surface area (Å²) in [7, 11) is 1.67. The van der Waals surface area contributed by atoms with E-state index in [-0.39, 0.29) is 17.9 Å². The standard InChI is InChI=1S/C27H40NO4/c1-19(29)27(2)18-28(26(30)15-20-9-5-4-6-10-20)17-23(27)21-13-14-24(31-3)25(16-21)32-22-11-7-8-12-22/h13-16,19-20,22-23,29H,4-12,17-18H2,1-3H3/t19-,23+,27+/m1/s1. The van der Waals surface area contributed by atoms with Crippen molar-refractivity contribution >= 4 is 5.91 Å². The van der Waals surface area contributed by atoms with Gasteiger partial charge in [0.15, 0.2) is 11.5 Å². The molecular weight excluding hydrogens is 402 g/mol. The highest BCUT2D eigenvalue weighted by Crippen LogP contribution is 2.47. The zero-order valence-electron chi connectivity index (χ0n) is 20.0. The maximum atomic E-state index is 13.1. The Morgan fingerprint density at radius 1 is 1.12 bits per heavy atom. The fourth-order valence-electron chi connectivity index (χ4n) is 5.89. The largest absolute Gasteiger partial charge is 0.493 e. The number of methoxy groups -OCH3 is 1. The number of carbonyl (C=O) groups is 1. The van der Waals surface area contributed by atoms with E-state index in [4.69, 9.17) is 9.47 Å². The molecule has 2 saturated carbocycles. The molecule has 1 aromatic rings. The molecular formula is C27H40NO4. The lowest BCUT2D eigenvalue weighted by Gasteiger charge is -2.34. The Bertz CT molecular complexity index is 782. The minimum Gasteiger partial charge on any atom is -0.493 e. The van der Waals surface area contributed by atoms with Gasteiger partial charge in [0.25, 0.3) is 0 Å². The zero-order valence-corrected chi connectivity index (χ0v) is 20.0. The van der Waals surface area contributed by atoms with Crippen LogP contribution < -0.4 is 9.47 Å². The van der Waals surface area contributed by atoms with Gasteiger partial charge in [-0.2, -0.15) is 0 Å². The molecule has 1 aromatic carbocycles. The molecule has 1 amide bonds. The third kappa shape index (κ3) is 4.93. The number of amides is 1. The van der Waals surface area contributed by atoms with Crippen LogP contribution >= 0.6 is 0 Å². The molecule has 0 aromatic heterocycles. The third-order valence-electron chi connectivity index (χ3n) is 8.21. The van der Waals surface area contributed by atoms with E-state index in [1.165, 1.54) is 32.1 Å². The first kappa shape index (κ1) is 23.4. The monoisotopic (exact) mass is 442 g/mol. The number of hydrogen-bond acceptors (Lipinski definition) is 4. The molecule has 1 saturated heterocycles. The molecule has 4 rings (SSSR count). The number of aliphatic hydroxyl groups is 1. The van der Waals surface area contributed by atoms with Gasteiger partial charge in [-0.15, -0.1) is 0 Å². The van der Waals surface area contributed by atoms with Crippen LogP contribution in [0.1, 0.15) is 83.1 Å². The number of carbonyl (C=O) groups excluding carboxylic acids is 1. The molecule has 3 atom stereocenters. The highest BCUT2D eigenvalue weighted by atomic mass is 16.5. The summed E-state index contributed by atoms with van der Waals surface area (Å²) in [6.07, 6.45) is 12.2. The number of nitrogens with zero attached hydrogens (tertiary/aromatic N) is 1. The van der Waals surface area contributed by atoms with E-state index < -0.39 is 11.5 Å². The normalized spacial score (nSPS) is 28.1. The van der Waals surface area contributed by atoms with Gasteiger partial charge in [-0.25, -0.2) is 0 Å². The Morgan fingerprint density at radius 3 is 2.47 bits per heavy atom. The maximum Gasteiger partial charge on any atom is 0.226 e. The van der Waals surface area contributed by atoms with E-state index in [9.17, 15) is 9.90 Å². The molecule has 0 unspecified atom stereocenters.